The van der Waals surface area contributed by atoms with Gasteiger partial charge < -0.3 is 14.8 Å². The first-order valence-electron chi connectivity index (χ1n) is 6.74. The van der Waals surface area contributed by atoms with Crippen molar-refractivity contribution in [2.24, 2.45) is 0 Å². The lowest BCUT2D eigenvalue weighted by molar-refractivity contribution is -0.137. The number of aliphatic hydroxyl groups is 1. The Morgan fingerprint density at radius 1 is 1.35 bits per heavy atom. The summed E-state index contributed by atoms with van der Waals surface area (Å²) in [6.45, 7) is 5.63. The van der Waals surface area contributed by atoms with Crippen LogP contribution in [0.2, 0.25) is 0 Å². The van der Waals surface area contributed by atoms with Crippen molar-refractivity contribution in [3.8, 4) is 0 Å². The first kappa shape index (κ1) is 14.5. The number of nitrogens with zero attached hydrogens (tertiary/aromatic N) is 2. The zero-order chi connectivity index (χ0) is 14.9. The molecule has 1 unspecified atom stereocenters. The summed E-state index contributed by atoms with van der Waals surface area (Å²) >= 11 is 0. The number of hydrogen-bond acceptors (Lipinski definition) is 3. The van der Waals surface area contributed by atoms with Crippen LogP contribution in [0.3, 0.4) is 0 Å². The lowest BCUT2D eigenvalue weighted by Gasteiger charge is -2.08. The van der Waals surface area contributed by atoms with Gasteiger partial charge in [-0.1, -0.05) is 0 Å². The van der Waals surface area contributed by atoms with Crippen LogP contribution >= 0.6 is 0 Å². The molecule has 0 spiro atoms. The van der Waals surface area contributed by atoms with Gasteiger partial charge in [-0.15, -0.1) is 0 Å². The van der Waals surface area contributed by atoms with Gasteiger partial charge in [0, 0.05) is 6.42 Å². The predicted octanol–water partition coefficient (Wildman–Crippen LogP) is 2.05. The van der Waals surface area contributed by atoms with Gasteiger partial charge in [0.2, 0.25) is 0 Å². The SMILES string of the molecule is Cc1cc2nc(CCC(C)O)n(CC(=O)O)c2cc1C. The van der Waals surface area contributed by atoms with Crippen LogP contribution in [0.25, 0.3) is 11.0 Å². The summed E-state index contributed by atoms with van der Waals surface area (Å²) in [5, 5.41) is 18.5. The highest BCUT2D eigenvalue weighted by molar-refractivity contribution is 5.80. The van der Waals surface area contributed by atoms with Gasteiger partial charge in [-0.2, -0.15) is 0 Å². The highest BCUT2D eigenvalue weighted by atomic mass is 16.4. The molecule has 0 aliphatic rings. The number of aromatic nitrogens is 2. The number of aryl methyl sites for hydroxylation is 3. The number of rotatable bonds is 5. The average molecular weight is 276 g/mol. The molecule has 108 valence electrons. The maximum absolute atomic E-state index is 11.1. The molecule has 20 heavy (non-hydrogen) atoms. The molecule has 0 amide bonds. The summed E-state index contributed by atoms with van der Waals surface area (Å²) in [6.07, 6.45) is 0.718. The minimum Gasteiger partial charge on any atom is -0.480 e. The minimum atomic E-state index is -0.888. The molecule has 2 N–H and O–H groups in total. The first-order chi connectivity index (χ1) is 9.38. The molecular weight excluding hydrogens is 256 g/mol. The molecule has 5 nitrogen and oxygen atoms in total. The maximum atomic E-state index is 11.1. The van der Waals surface area contributed by atoms with Gasteiger partial charge in [-0.3, -0.25) is 4.79 Å². The van der Waals surface area contributed by atoms with Gasteiger partial charge in [0.25, 0.3) is 0 Å². The zero-order valence-corrected chi connectivity index (χ0v) is 12.1. The highest BCUT2D eigenvalue weighted by Gasteiger charge is 2.14. The van der Waals surface area contributed by atoms with Gasteiger partial charge in [-0.05, 0) is 50.5 Å². The van der Waals surface area contributed by atoms with Crippen molar-refractivity contribution in [1.82, 2.24) is 9.55 Å². The molecule has 1 atom stereocenters. The van der Waals surface area contributed by atoms with Crippen molar-refractivity contribution in [1.29, 1.82) is 0 Å². The Morgan fingerprint density at radius 3 is 2.60 bits per heavy atom. The van der Waals surface area contributed by atoms with Crippen LogP contribution in [0.4, 0.5) is 0 Å². The average Bonchev–Trinajstić information content (AvgIpc) is 2.65. The fourth-order valence-electron chi connectivity index (χ4n) is 2.27. The molecule has 2 aromatic rings. The van der Waals surface area contributed by atoms with E-state index in [2.05, 4.69) is 4.98 Å². The summed E-state index contributed by atoms with van der Waals surface area (Å²) in [7, 11) is 0. The van der Waals surface area contributed by atoms with E-state index in [1.807, 2.05) is 26.0 Å². The molecule has 5 heteroatoms. The van der Waals surface area contributed by atoms with Crippen LogP contribution in [0, 0.1) is 13.8 Å². The van der Waals surface area contributed by atoms with Crippen LogP contribution in [0.5, 0.6) is 0 Å². The van der Waals surface area contributed by atoms with Crippen LogP contribution < -0.4 is 0 Å². The second-order valence-corrected chi connectivity index (χ2v) is 5.32. The molecule has 1 aromatic carbocycles. The number of aliphatic hydroxyl groups excluding tert-OH is 1. The van der Waals surface area contributed by atoms with Gasteiger partial charge in [0.1, 0.15) is 12.4 Å². The Kier molecular flexibility index (Phi) is 4.09. The largest absolute Gasteiger partial charge is 0.480 e. The molecule has 0 saturated carbocycles. The standard InChI is InChI=1S/C15H20N2O3/c1-9-6-12-13(7-10(9)2)17(8-15(19)20)14(16-12)5-4-11(3)18/h6-7,11,18H,4-5,8H2,1-3H3,(H,19,20). The fourth-order valence-corrected chi connectivity index (χ4v) is 2.27. The summed E-state index contributed by atoms with van der Waals surface area (Å²) in [4.78, 5) is 15.6. The highest BCUT2D eigenvalue weighted by Crippen LogP contribution is 2.22. The van der Waals surface area contributed by atoms with Crippen LogP contribution in [-0.2, 0) is 17.8 Å². The van der Waals surface area contributed by atoms with Crippen molar-refractivity contribution < 1.29 is 15.0 Å². The Morgan fingerprint density at radius 2 is 2.00 bits per heavy atom. The number of benzene rings is 1. The number of fused-ring (bicyclic) bond motifs is 1. The number of carbonyl (C=O) groups is 1. The van der Waals surface area contributed by atoms with Gasteiger partial charge in [0.15, 0.2) is 0 Å². The normalized spacial score (nSPS) is 12.8. The van der Waals surface area contributed by atoms with E-state index in [9.17, 15) is 9.90 Å². The van der Waals surface area contributed by atoms with E-state index in [0.717, 1.165) is 22.2 Å². The van der Waals surface area contributed by atoms with Crippen molar-refractivity contribution in [3.05, 3.63) is 29.1 Å². The summed E-state index contributed by atoms with van der Waals surface area (Å²) in [5.41, 5.74) is 3.91. The molecule has 0 aliphatic carbocycles. The second-order valence-electron chi connectivity index (χ2n) is 5.32. The van der Waals surface area contributed by atoms with Gasteiger partial charge in [0.05, 0.1) is 17.1 Å². The quantitative estimate of drug-likeness (QED) is 0.876. The lowest BCUT2D eigenvalue weighted by atomic mass is 10.1. The van der Waals surface area contributed by atoms with Crippen molar-refractivity contribution in [2.75, 3.05) is 0 Å². The second kappa shape index (κ2) is 5.63. The molecule has 2 rings (SSSR count). The molecule has 1 heterocycles. The Balaban J connectivity index is 2.51. The van der Waals surface area contributed by atoms with Gasteiger partial charge in [-0.25, -0.2) is 4.98 Å². The first-order valence-corrected chi connectivity index (χ1v) is 6.74. The molecule has 1 aromatic heterocycles. The third-order valence-electron chi connectivity index (χ3n) is 3.52. The molecule has 0 saturated heterocycles. The topological polar surface area (TPSA) is 75.4 Å². The molecular formula is C15H20N2O3. The van der Waals surface area contributed by atoms with Crippen molar-refractivity contribution in [2.45, 2.75) is 46.3 Å². The number of aliphatic carboxylic acids is 1. The van der Waals surface area contributed by atoms with Crippen LogP contribution in [0.1, 0.15) is 30.3 Å². The third kappa shape index (κ3) is 2.99. The van der Waals surface area contributed by atoms with E-state index >= 15 is 0 Å². The number of imidazole rings is 1. The van der Waals surface area contributed by atoms with E-state index in [1.54, 1.807) is 11.5 Å². The molecule has 0 radical (unpaired) electrons. The van der Waals surface area contributed by atoms with Crippen molar-refractivity contribution >= 4 is 17.0 Å². The van der Waals surface area contributed by atoms with Crippen LogP contribution in [0.15, 0.2) is 12.1 Å². The fraction of sp³-hybridized carbons (Fsp3) is 0.467. The molecule has 0 bridgehead atoms. The lowest BCUT2D eigenvalue weighted by Crippen LogP contribution is -2.13. The van der Waals surface area contributed by atoms with Crippen molar-refractivity contribution in [3.63, 3.8) is 0 Å². The van der Waals surface area contributed by atoms with E-state index in [-0.39, 0.29) is 6.54 Å². The Labute approximate surface area is 117 Å². The Bertz CT molecular complexity index is 644. The summed E-state index contributed by atoms with van der Waals surface area (Å²) in [6, 6.07) is 3.96. The number of carboxylic acids is 1. The third-order valence-corrected chi connectivity index (χ3v) is 3.52. The Hall–Kier alpha value is -1.88. The monoisotopic (exact) mass is 276 g/mol. The minimum absolute atomic E-state index is 0.103. The summed E-state index contributed by atoms with van der Waals surface area (Å²) in [5.74, 6) is -0.172. The molecule has 0 fully saturated rings. The van der Waals surface area contributed by atoms with Crippen LogP contribution in [-0.4, -0.2) is 31.8 Å². The molecule has 0 aliphatic heterocycles. The zero-order valence-electron chi connectivity index (χ0n) is 12.1. The summed E-state index contributed by atoms with van der Waals surface area (Å²) < 4.78 is 1.73. The number of carboxylic acid groups (broad SMARTS) is 1. The smallest absolute Gasteiger partial charge is 0.323 e. The predicted molar refractivity (Wildman–Crippen MR) is 76.8 cm³/mol. The van der Waals surface area contributed by atoms with E-state index in [0.29, 0.717) is 18.7 Å². The van der Waals surface area contributed by atoms with E-state index in [4.69, 9.17) is 5.11 Å². The maximum Gasteiger partial charge on any atom is 0.323 e. The number of hydrogen-bond donors (Lipinski definition) is 2. The van der Waals surface area contributed by atoms with Gasteiger partial charge >= 0.3 is 5.97 Å². The van der Waals surface area contributed by atoms with E-state index < -0.39 is 12.1 Å². The van der Waals surface area contributed by atoms with E-state index in [1.165, 1.54) is 0 Å².